The van der Waals surface area contributed by atoms with Crippen LogP contribution in [0.25, 0.3) is 11.0 Å². The van der Waals surface area contributed by atoms with E-state index in [0.29, 0.717) is 23.3 Å². The van der Waals surface area contributed by atoms with Crippen LogP contribution >= 0.6 is 0 Å². The van der Waals surface area contributed by atoms with Crippen molar-refractivity contribution in [1.29, 1.82) is 0 Å². The number of carbonyl (C=O) groups is 1. The molecule has 2 aromatic carbocycles. The minimum Gasteiger partial charge on any atom is -0.493 e. The molecule has 0 bridgehead atoms. The second-order valence-electron chi connectivity index (χ2n) is 6.21. The normalized spacial score (nSPS) is 10.8. The first-order valence-electron chi connectivity index (χ1n) is 8.65. The van der Waals surface area contributed by atoms with E-state index in [4.69, 9.17) is 9.47 Å². The van der Waals surface area contributed by atoms with Crippen LogP contribution < -0.4 is 14.8 Å². The Bertz CT molecular complexity index is 1100. The first-order valence-corrected chi connectivity index (χ1v) is 8.65. The van der Waals surface area contributed by atoms with Crippen molar-refractivity contribution < 1.29 is 23.6 Å². The second-order valence-corrected chi connectivity index (χ2v) is 6.21. The number of aryl methyl sites for hydroxylation is 1. The third kappa shape index (κ3) is 3.96. The molecule has 3 rings (SSSR count). The highest BCUT2D eigenvalue weighted by atomic mass is 19.1. The lowest BCUT2D eigenvalue weighted by Gasteiger charge is -2.11. The van der Waals surface area contributed by atoms with E-state index in [1.54, 1.807) is 17.7 Å². The van der Waals surface area contributed by atoms with Crippen LogP contribution in [0.5, 0.6) is 11.5 Å². The lowest BCUT2D eigenvalue weighted by atomic mass is 10.1. The van der Waals surface area contributed by atoms with Crippen LogP contribution in [-0.4, -0.2) is 41.1 Å². The summed E-state index contributed by atoms with van der Waals surface area (Å²) in [6, 6.07) is 6.71. The molecule has 0 aliphatic heterocycles. The van der Waals surface area contributed by atoms with Crippen molar-refractivity contribution in [3.8, 4) is 11.5 Å². The van der Waals surface area contributed by atoms with Crippen molar-refractivity contribution in [3.63, 3.8) is 0 Å². The molecule has 0 aliphatic rings. The van der Waals surface area contributed by atoms with Gasteiger partial charge < -0.3 is 19.4 Å². The molecule has 0 fully saturated rings. The number of fused-ring (bicyclic) bond motifs is 1. The van der Waals surface area contributed by atoms with Crippen LogP contribution in [0.4, 0.5) is 10.1 Å². The first kappa shape index (κ1) is 20.1. The van der Waals surface area contributed by atoms with E-state index in [-0.39, 0.29) is 29.4 Å². The summed E-state index contributed by atoms with van der Waals surface area (Å²) >= 11 is 0. The third-order valence-electron chi connectivity index (χ3n) is 4.51. The van der Waals surface area contributed by atoms with E-state index in [9.17, 15) is 19.3 Å². The topological polar surface area (TPSA) is 109 Å². The van der Waals surface area contributed by atoms with Gasteiger partial charge in [0.2, 0.25) is 0 Å². The minimum absolute atomic E-state index is 0.139. The molecule has 0 atom stereocenters. The number of halogens is 1. The van der Waals surface area contributed by atoms with Gasteiger partial charge in [-0.05, 0) is 18.2 Å². The predicted molar refractivity (Wildman–Crippen MR) is 103 cm³/mol. The zero-order valence-electron chi connectivity index (χ0n) is 16.1. The number of nitrogens with one attached hydrogen (secondary N) is 1. The minimum atomic E-state index is -0.656. The molecule has 10 heteroatoms. The van der Waals surface area contributed by atoms with Gasteiger partial charge in [-0.3, -0.25) is 14.9 Å². The average Bonchev–Trinajstić information content (AvgIpc) is 3.01. The van der Waals surface area contributed by atoms with E-state index in [2.05, 4.69) is 10.3 Å². The van der Waals surface area contributed by atoms with Gasteiger partial charge in [0, 0.05) is 26.1 Å². The van der Waals surface area contributed by atoms with E-state index >= 15 is 0 Å². The molecular weight excluding hydrogens is 383 g/mol. The number of hydrogen-bond acceptors (Lipinski definition) is 6. The summed E-state index contributed by atoms with van der Waals surface area (Å²) in [6.45, 7) is 0.185. The van der Waals surface area contributed by atoms with Crippen molar-refractivity contribution in [2.45, 2.75) is 6.42 Å². The number of nitro groups is 1. The second kappa shape index (κ2) is 8.13. The SMILES string of the molecule is COc1cc(C(=O)NCCc2nc3ccc(F)cc3n2C)c([N+](=O)[O-])cc1OC. The van der Waals surface area contributed by atoms with Crippen molar-refractivity contribution in [2.24, 2.45) is 7.05 Å². The van der Waals surface area contributed by atoms with Gasteiger partial charge in [0.1, 0.15) is 17.2 Å². The van der Waals surface area contributed by atoms with E-state index in [1.807, 2.05) is 0 Å². The lowest BCUT2D eigenvalue weighted by Crippen LogP contribution is -2.27. The van der Waals surface area contributed by atoms with Crippen LogP contribution in [0, 0.1) is 15.9 Å². The summed E-state index contributed by atoms with van der Waals surface area (Å²) in [5, 5.41) is 14.0. The summed E-state index contributed by atoms with van der Waals surface area (Å²) in [5.74, 6) is 0.0274. The highest BCUT2D eigenvalue weighted by Crippen LogP contribution is 2.34. The third-order valence-corrected chi connectivity index (χ3v) is 4.51. The maximum atomic E-state index is 13.4. The number of methoxy groups -OCH3 is 2. The van der Waals surface area contributed by atoms with Gasteiger partial charge in [-0.1, -0.05) is 0 Å². The Hall–Kier alpha value is -3.69. The van der Waals surface area contributed by atoms with Crippen LogP contribution in [0.15, 0.2) is 30.3 Å². The van der Waals surface area contributed by atoms with Crippen LogP contribution in [0.1, 0.15) is 16.2 Å². The summed E-state index contributed by atoms with van der Waals surface area (Å²) in [7, 11) is 4.48. The van der Waals surface area contributed by atoms with Crippen molar-refractivity contribution >= 4 is 22.6 Å². The van der Waals surface area contributed by atoms with E-state index in [0.717, 1.165) is 6.07 Å². The van der Waals surface area contributed by atoms with Crippen molar-refractivity contribution in [1.82, 2.24) is 14.9 Å². The number of imidazole rings is 1. The van der Waals surface area contributed by atoms with Crippen molar-refractivity contribution in [3.05, 3.63) is 57.7 Å². The van der Waals surface area contributed by atoms with E-state index < -0.39 is 16.5 Å². The Morgan fingerprint density at radius 2 is 1.93 bits per heavy atom. The molecule has 0 aliphatic carbocycles. The Morgan fingerprint density at radius 1 is 1.24 bits per heavy atom. The van der Waals surface area contributed by atoms with Crippen LogP contribution in [-0.2, 0) is 13.5 Å². The summed E-state index contributed by atoms with van der Waals surface area (Å²) < 4.78 is 25.3. The summed E-state index contributed by atoms with van der Waals surface area (Å²) in [5.41, 5.74) is 0.755. The van der Waals surface area contributed by atoms with E-state index in [1.165, 1.54) is 32.4 Å². The molecule has 0 radical (unpaired) electrons. The Morgan fingerprint density at radius 3 is 2.59 bits per heavy atom. The Balaban J connectivity index is 1.77. The molecule has 152 valence electrons. The molecule has 0 spiro atoms. The fourth-order valence-corrected chi connectivity index (χ4v) is 3.02. The standard InChI is InChI=1S/C19H19FN4O5/c1-23-15-8-11(20)4-5-13(15)22-18(23)6-7-21-19(25)12-9-16(28-2)17(29-3)10-14(12)24(26)27/h4-5,8-10H,6-7H2,1-3H3,(H,21,25). The fraction of sp³-hybridized carbons (Fsp3) is 0.263. The molecule has 29 heavy (non-hydrogen) atoms. The average molecular weight is 402 g/mol. The quantitative estimate of drug-likeness (QED) is 0.481. The first-order chi connectivity index (χ1) is 13.8. The predicted octanol–water partition coefficient (Wildman–Crippen LogP) is 2.61. The number of carbonyl (C=O) groups excluding carboxylic acids is 1. The molecule has 0 unspecified atom stereocenters. The van der Waals surface area contributed by atoms with Gasteiger partial charge in [0.25, 0.3) is 11.6 Å². The molecule has 0 saturated heterocycles. The highest BCUT2D eigenvalue weighted by molar-refractivity contribution is 5.99. The Labute approximate surface area is 165 Å². The molecule has 1 amide bonds. The number of nitro benzene ring substituents is 1. The maximum absolute atomic E-state index is 13.4. The molecule has 9 nitrogen and oxygen atoms in total. The van der Waals surface area contributed by atoms with Gasteiger partial charge in [-0.25, -0.2) is 9.37 Å². The van der Waals surface area contributed by atoms with Gasteiger partial charge in [-0.15, -0.1) is 0 Å². The summed E-state index contributed by atoms with van der Waals surface area (Å²) in [6.07, 6.45) is 0.361. The fourth-order valence-electron chi connectivity index (χ4n) is 3.02. The number of nitrogens with zero attached hydrogens (tertiary/aromatic N) is 3. The van der Waals surface area contributed by atoms with Crippen LogP contribution in [0.2, 0.25) is 0 Å². The smallest absolute Gasteiger partial charge is 0.286 e. The Kier molecular flexibility index (Phi) is 5.62. The van der Waals surface area contributed by atoms with Gasteiger partial charge in [0.05, 0.1) is 36.2 Å². The summed E-state index contributed by atoms with van der Waals surface area (Å²) in [4.78, 5) is 27.7. The number of hydrogen-bond donors (Lipinski definition) is 1. The zero-order chi connectivity index (χ0) is 21.1. The lowest BCUT2D eigenvalue weighted by molar-refractivity contribution is -0.385. The maximum Gasteiger partial charge on any atom is 0.286 e. The van der Waals surface area contributed by atoms with Crippen LogP contribution in [0.3, 0.4) is 0 Å². The number of benzene rings is 2. The highest BCUT2D eigenvalue weighted by Gasteiger charge is 2.24. The van der Waals surface area contributed by atoms with Gasteiger partial charge in [-0.2, -0.15) is 0 Å². The number of rotatable bonds is 7. The monoisotopic (exact) mass is 402 g/mol. The number of amides is 1. The molecule has 0 saturated carbocycles. The number of aromatic nitrogens is 2. The molecular formula is C19H19FN4O5. The van der Waals surface area contributed by atoms with Gasteiger partial charge in [0.15, 0.2) is 11.5 Å². The largest absolute Gasteiger partial charge is 0.493 e. The molecule has 1 heterocycles. The zero-order valence-corrected chi connectivity index (χ0v) is 16.1. The molecule has 3 aromatic rings. The van der Waals surface area contributed by atoms with Crippen molar-refractivity contribution in [2.75, 3.05) is 20.8 Å². The van der Waals surface area contributed by atoms with Gasteiger partial charge >= 0.3 is 0 Å². The number of ether oxygens (including phenoxy) is 2. The molecule has 1 N–H and O–H groups in total. The molecule has 1 aromatic heterocycles.